The molecule has 106 valence electrons. The Balaban J connectivity index is 2.37. The van der Waals surface area contributed by atoms with Gasteiger partial charge in [0.25, 0.3) is 0 Å². The molecule has 2 aromatic rings. The molecule has 0 aliphatic carbocycles. The molecule has 0 amide bonds. The van der Waals surface area contributed by atoms with E-state index >= 15 is 0 Å². The first kappa shape index (κ1) is 14.1. The van der Waals surface area contributed by atoms with Crippen molar-refractivity contribution in [2.75, 3.05) is 24.8 Å². The highest BCUT2D eigenvalue weighted by atomic mass is 16.5. The summed E-state index contributed by atoms with van der Waals surface area (Å²) in [6.07, 6.45) is 3.50. The number of rotatable bonds is 6. The number of nitrogens with one attached hydrogen (secondary N) is 2. The van der Waals surface area contributed by atoms with Crippen LogP contribution in [0.25, 0.3) is 0 Å². The van der Waals surface area contributed by atoms with Crippen molar-refractivity contribution in [3.63, 3.8) is 0 Å². The minimum atomic E-state index is 0.791. The third-order valence-corrected chi connectivity index (χ3v) is 3.04. The van der Waals surface area contributed by atoms with Gasteiger partial charge >= 0.3 is 0 Å². The minimum Gasteiger partial charge on any atom is -0.495 e. The third kappa shape index (κ3) is 2.99. The van der Waals surface area contributed by atoms with Crippen molar-refractivity contribution in [2.24, 2.45) is 0 Å². The molecule has 2 rings (SSSR count). The number of hydrogen-bond donors (Lipinski definition) is 2. The van der Waals surface area contributed by atoms with Crippen molar-refractivity contribution in [1.82, 2.24) is 9.97 Å². The molecule has 0 atom stereocenters. The molecule has 0 fully saturated rings. The van der Waals surface area contributed by atoms with Crippen LogP contribution in [-0.2, 0) is 6.42 Å². The first-order valence-electron chi connectivity index (χ1n) is 6.71. The topological polar surface area (TPSA) is 59.1 Å². The first-order chi connectivity index (χ1) is 9.80. The summed E-state index contributed by atoms with van der Waals surface area (Å²) in [7, 11) is 3.53. The lowest BCUT2D eigenvalue weighted by atomic mass is 10.1. The summed E-state index contributed by atoms with van der Waals surface area (Å²) in [5.74, 6) is 2.47. The van der Waals surface area contributed by atoms with Gasteiger partial charge in [-0.1, -0.05) is 25.5 Å². The number of ether oxygens (including phenoxy) is 1. The fraction of sp³-hybridized carbons (Fsp3) is 0.333. The molecule has 1 heterocycles. The molecule has 5 nitrogen and oxygen atoms in total. The zero-order chi connectivity index (χ0) is 14.4. The second kappa shape index (κ2) is 6.75. The molecule has 20 heavy (non-hydrogen) atoms. The maximum atomic E-state index is 5.35. The molecule has 0 radical (unpaired) electrons. The molecule has 0 bridgehead atoms. The van der Waals surface area contributed by atoms with Gasteiger partial charge in [-0.25, -0.2) is 9.97 Å². The Morgan fingerprint density at radius 2 is 1.90 bits per heavy atom. The highest BCUT2D eigenvalue weighted by Crippen LogP contribution is 2.29. The van der Waals surface area contributed by atoms with Gasteiger partial charge in [0.2, 0.25) is 0 Å². The number of benzene rings is 1. The molecule has 1 aromatic carbocycles. The molecule has 0 spiro atoms. The van der Waals surface area contributed by atoms with E-state index in [9.17, 15) is 0 Å². The molecule has 2 N–H and O–H groups in total. The lowest BCUT2D eigenvalue weighted by Gasteiger charge is -2.15. The molecule has 0 aliphatic heterocycles. The van der Waals surface area contributed by atoms with Gasteiger partial charge in [0.1, 0.15) is 23.7 Å². The van der Waals surface area contributed by atoms with E-state index in [0.717, 1.165) is 41.5 Å². The fourth-order valence-electron chi connectivity index (χ4n) is 2.10. The van der Waals surface area contributed by atoms with Crippen LogP contribution < -0.4 is 15.4 Å². The number of methoxy groups -OCH3 is 1. The number of anilines is 3. The Morgan fingerprint density at radius 3 is 2.60 bits per heavy atom. The van der Waals surface area contributed by atoms with Crippen LogP contribution in [0, 0.1) is 0 Å². The molecule has 0 saturated heterocycles. The highest BCUT2D eigenvalue weighted by Gasteiger charge is 2.11. The Bertz CT molecular complexity index is 572. The predicted octanol–water partition coefficient (Wildman–Crippen LogP) is 3.22. The lowest BCUT2D eigenvalue weighted by Crippen LogP contribution is -2.06. The van der Waals surface area contributed by atoms with E-state index in [0.29, 0.717) is 0 Å². The second-order valence-electron chi connectivity index (χ2n) is 4.37. The zero-order valence-electron chi connectivity index (χ0n) is 12.1. The normalized spacial score (nSPS) is 10.2. The molecular weight excluding hydrogens is 252 g/mol. The summed E-state index contributed by atoms with van der Waals surface area (Å²) in [4.78, 5) is 8.63. The van der Waals surface area contributed by atoms with Crippen LogP contribution in [0.15, 0.2) is 30.6 Å². The molecule has 5 heteroatoms. The fourth-order valence-corrected chi connectivity index (χ4v) is 2.10. The molecule has 0 saturated carbocycles. The number of hydrogen-bond acceptors (Lipinski definition) is 5. The van der Waals surface area contributed by atoms with Crippen LogP contribution >= 0.6 is 0 Å². The highest BCUT2D eigenvalue weighted by molar-refractivity contribution is 5.69. The average molecular weight is 272 g/mol. The van der Waals surface area contributed by atoms with Crippen molar-refractivity contribution in [1.29, 1.82) is 0 Å². The van der Waals surface area contributed by atoms with Crippen LogP contribution in [0.1, 0.15) is 18.9 Å². The van der Waals surface area contributed by atoms with Gasteiger partial charge in [0.05, 0.1) is 12.8 Å². The van der Waals surface area contributed by atoms with Gasteiger partial charge in [0.15, 0.2) is 0 Å². The summed E-state index contributed by atoms with van der Waals surface area (Å²) < 4.78 is 5.35. The monoisotopic (exact) mass is 272 g/mol. The van der Waals surface area contributed by atoms with Gasteiger partial charge in [-0.3, -0.25) is 0 Å². The van der Waals surface area contributed by atoms with Crippen LogP contribution in [0.3, 0.4) is 0 Å². The maximum Gasteiger partial charge on any atom is 0.142 e. The Morgan fingerprint density at radius 1 is 1.15 bits per heavy atom. The van der Waals surface area contributed by atoms with Gasteiger partial charge < -0.3 is 15.4 Å². The first-order valence-corrected chi connectivity index (χ1v) is 6.71. The second-order valence-corrected chi connectivity index (χ2v) is 4.37. The van der Waals surface area contributed by atoms with Gasteiger partial charge in [-0.15, -0.1) is 0 Å². The quantitative estimate of drug-likeness (QED) is 0.845. The smallest absolute Gasteiger partial charge is 0.142 e. The van der Waals surface area contributed by atoms with E-state index in [2.05, 4.69) is 27.5 Å². The summed E-state index contributed by atoms with van der Waals surface area (Å²) in [5.41, 5.74) is 1.98. The number of nitrogens with zero attached hydrogens (tertiary/aromatic N) is 2. The minimum absolute atomic E-state index is 0.791. The summed E-state index contributed by atoms with van der Waals surface area (Å²) in [5, 5.41) is 6.45. The molecule has 1 aromatic heterocycles. The van der Waals surface area contributed by atoms with E-state index in [-0.39, 0.29) is 0 Å². The van der Waals surface area contributed by atoms with E-state index in [1.807, 2.05) is 31.3 Å². The average Bonchev–Trinajstić information content (AvgIpc) is 2.49. The number of aromatic nitrogens is 2. The van der Waals surface area contributed by atoms with E-state index in [1.165, 1.54) is 0 Å². The predicted molar refractivity (Wildman–Crippen MR) is 81.9 cm³/mol. The van der Waals surface area contributed by atoms with E-state index in [4.69, 9.17) is 4.74 Å². The van der Waals surface area contributed by atoms with Gasteiger partial charge in [0, 0.05) is 12.6 Å². The van der Waals surface area contributed by atoms with Crippen LogP contribution in [-0.4, -0.2) is 24.1 Å². The van der Waals surface area contributed by atoms with E-state index < -0.39 is 0 Å². The number of para-hydroxylation sites is 2. The molecule has 0 unspecified atom stereocenters. The lowest BCUT2D eigenvalue weighted by molar-refractivity contribution is 0.417. The van der Waals surface area contributed by atoms with Crippen molar-refractivity contribution >= 4 is 17.3 Å². The van der Waals surface area contributed by atoms with Crippen LogP contribution in [0.4, 0.5) is 17.3 Å². The summed E-state index contributed by atoms with van der Waals surface area (Å²) in [6.45, 7) is 2.14. The van der Waals surface area contributed by atoms with Crippen LogP contribution in [0.5, 0.6) is 5.75 Å². The Kier molecular flexibility index (Phi) is 4.76. The largest absolute Gasteiger partial charge is 0.495 e. The third-order valence-electron chi connectivity index (χ3n) is 3.04. The zero-order valence-corrected chi connectivity index (χ0v) is 12.1. The van der Waals surface area contributed by atoms with Crippen molar-refractivity contribution < 1.29 is 4.74 Å². The summed E-state index contributed by atoms with van der Waals surface area (Å²) in [6, 6.07) is 7.79. The Labute approximate surface area is 119 Å². The SMILES string of the molecule is CCCc1c(NC)ncnc1Nc1ccccc1OC. The molecule has 0 aliphatic rings. The van der Waals surface area contributed by atoms with E-state index in [1.54, 1.807) is 13.4 Å². The van der Waals surface area contributed by atoms with Gasteiger partial charge in [-0.05, 0) is 18.6 Å². The maximum absolute atomic E-state index is 5.35. The van der Waals surface area contributed by atoms with Crippen molar-refractivity contribution in [3.05, 3.63) is 36.2 Å². The molecular formula is C15H20N4O. The Hall–Kier alpha value is -2.30. The van der Waals surface area contributed by atoms with Crippen molar-refractivity contribution in [2.45, 2.75) is 19.8 Å². The van der Waals surface area contributed by atoms with Crippen LogP contribution in [0.2, 0.25) is 0 Å². The van der Waals surface area contributed by atoms with Crippen molar-refractivity contribution in [3.8, 4) is 5.75 Å². The summed E-state index contributed by atoms with van der Waals surface area (Å²) >= 11 is 0. The standard InChI is InChI=1S/C15H20N4O/c1-4-7-11-14(16-2)17-10-18-15(11)19-12-8-5-6-9-13(12)20-3/h5-6,8-10H,4,7H2,1-3H3,(H2,16,17,18,19). The van der Waals surface area contributed by atoms with Gasteiger partial charge in [-0.2, -0.15) is 0 Å².